The van der Waals surface area contributed by atoms with Gasteiger partial charge in [-0.15, -0.1) is 0 Å². The van der Waals surface area contributed by atoms with Gasteiger partial charge in [0, 0.05) is 63.4 Å². The quantitative estimate of drug-likeness (QED) is 0.462. The van der Waals surface area contributed by atoms with Crippen LogP contribution in [0.25, 0.3) is 22.6 Å². The van der Waals surface area contributed by atoms with E-state index >= 15 is 0 Å². The lowest BCUT2D eigenvalue weighted by atomic mass is 10.2. The maximum absolute atomic E-state index is 12.9. The van der Waals surface area contributed by atoms with E-state index in [1.54, 1.807) is 25.7 Å². The van der Waals surface area contributed by atoms with Crippen LogP contribution < -0.4 is 10.1 Å². The minimum atomic E-state index is -0.0988. The molecule has 0 radical (unpaired) electrons. The molecule has 1 aliphatic heterocycles. The first-order valence-electron chi connectivity index (χ1n) is 11.8. The second-order valence-corrected chi connectivity index (χ2v) is 8.63. The van der Waals surface area contributed by atoms with Gasteiger partial charge < -0.3 is 19.5 Å². The highest BCUT2D eigenvalue weighted by molar-refractivity contribution is 5.91. The zero-order chi connectivity index (χ0) is 24.2. The second-order valence-electron chi connectivity index (χ2n) is 8.63. The molecule has 9 heteroatoms. The number of nitrogens with zero attached hydrogens (tertiary/aromatic N) is 6. The van der Waals surface area contributed by atoms with Crippen LogP contribution in [-0.2, 0) is 6.54 Å². The normalized spacial score (nSPS) is 14.3. The number of imidazole rings is 1. The van der Waals surface area contributed by atoms with Crippen molar-refractivity contribution in [2.75, 3.05) is 45.2 Å². The first-order chi connectivity index (χ1) is 17.1. The first kappa shape index (κ1) is 22.8. The lowest BCUT2D eigenvalue weighted by molar-refractivity contribution is 0.144. The fraction of sp³-hybridized carbons (Fsp3) is 0.308. The number of aryl methyl sites for hydroxylation is 1. The largest absolute Gasteiger partial charge is 0.495 e. The van der Waals surface area contributed by atoms with E-state index in [0.717, 1.165) is 54.3 Å². The molecule has 0 bridgehead atoms. The molecule has 180 valence electrons. The minimum Gasteiger partial charge on any atom is -0.495 e. The number of pyridine rings is 2. The summed E-state index contributed by atoms with van der Waals surface area (Å²) in [6.07, 6.45) is 5.36. The third-order valence-corrected chi connectivity index (χ3v) is 6.34. The molecule has 2 amide bonds. The van der Waals surface area contributed by atoms with Gasteiger partial charge >= 0.3 is 6.03 Å². The summed E-state index contributed by atoms with van der Waals surface area (Å²) < 4.78 is 7.56. The Hall–Kier alpha value is -3.98. The van der Waals surface area contributed by atoms with Crippen LogP contribution in [0, 0.1) is 6.92 Å². The molecule has 5 rings (SSSR count). The molecule has 0 aliphatic carbocycles. The van der Waals surface area contributed by atoms with Gasteiger partial charge in [-0.1, -0.05) is 6.07 Å². The van der Waals surface area contributed by atoms with Crippen LogP contribution in [0.2, 0.25) is 0 Å². The first-order valence-corrected chi connectivity index (χ1v) is 11.8. The zero-order valence-electron chi connectivity index (χ0n) is 20.0. The zero-order valence-corrected chi connectivity index (χ0v) is 20.0. The van der Waals surface area contributed by atoms with Gasteiger partial charge in [-0.05, 0) is 48.9 Å². The number of rotatable bonds is 6. The van der Waals surface area contributed by atoms with Gasteiger partial charge in [0.1, 0.15) is 17.1 Å². The fourth-order valence-electron chi connectivity index (χ4n) is 4.42. The second kappa shape index (κ2) is 10.1. The van der Waals surface area contributed by atoms with Crippen molar-refractivity contribution < 1.29 is 9.53 Å². The predicted octanol–water partition coefficient (Wildman–Crippen LogP) is 3.66. The molecule has 0 unspecified atom stereocenters. The highest BCUT2D eigenvalue weighted by Crippen LogP contribution is 2.26. The highest BCUT2D eigenvalue weighted by atomic mass is 16.5. The highest BCUT2D eigenvalue weighted by Gasteiger charge is 2.22. The van der Waals surface area contributed by atoms with E-state index < -0.39 is 0 Å². The van der Waals surface area contributed by atoms with E-state index in [4.69, 9.17) is 9.72 Å². The smallest absolute Gasteiger partial charge is 0.322 e. The van der Waals surface area contributed by atoms with E-state index in [9.17, 15) is 4.79 Å². The Kier molecular flexibility index (Phi) is 6.58. The van der Waals surface area contributed by atoms with Crippen LogP contribution in [0.5, 0.6) is 5.75 Å². The summed E-state index contributed by atoms with van der Waals surface area (Å²) in [5.41, 5.74) is 4.55. The van der Waals surface area contributed by atoms with Gasteiger partial charge in [0.2, 0.25) is 0 Å². The maximum Gasteiger partial charge on any atom is 0.322 e. The van der Waals surface area contributed by atoms with E-state index in [-0.39, 0.29) is 6.03 Å². The minimum absolute atomic E-state index is 0.0988. The standard InChI is InChI=1S/C26H29N7O2/c1-19-5-6-23(35-2)22(18-19)30-26(34)32-15-12-31(13-16-32)14-17-33-24(20-7-10-27-11-8-20)29-21-4-3-9-28-25(21)33/h3-11,18H,12-17H2,1-2H3,(H,30,34). The van der Waals surface area contributed by atoms with Gasteiger partial charge in [0.15, 0.2) is 5.65 Å². The third-order valence-electron chi connectivity index (χ3n) is 6.34. The average Bonchev–Trinajstić information content (AvgIpc) is 3.27. The SMILES string of the molecule is COc1ccc(C)cc1NC(=O)N1CCN(CCn2c(-c3ccncc3)nc3cccnc32)CC1. The number of anilines is 1. The van der Waals surface area contributed by atoms with Crippen molar-refractivity contribution in [3.8, 4) is 17.1 Å². The molecule has 1 aliphatic rings. The van der Waals surface area contributed by atoms with Crippen LogP contribution in [-0.4, -0.2) is 75.2 Å². The average molecular weight is 472 g/mol. The number of carbonyl (C=O) groups excluding carboxylic acids is 1. The summed E-state index contributed by atoms with van der Waals surface area (Å²) in [6.45, 7) is 6.55. The Bertz CT molecular complexity index is 1310. The molecule has 4 heterocycles. The lowest BCUT2D eigenvalue weighted by Gasteiger charge is -2.34. The Morgan fingerprint density at radius 1 is 1.03 bits per heavy atom. The monoisotopic (exact) mass is 471 g/mol. The molecule has 1 N–H and O–H groups in total. The number of hydrogen-bond acceptors (Lipinski definition) is 6. The summed E-state index contributed by atoms with van der Waals surface area (Å²) >= 11 is 0. The molecule has 0 atom stereocenters. The summed E-state index contributed by atoms with van der Waals surface area (Å²) in [7, 11) is 1.61. The molecule has 3 aromatic heterocycles. The number of amides is 2. The molecule has 1 fully saturated rings. The topological polar surface area (TPSA) is 88.4 Å². The van der Waals surface area contributed by atoms with Crippen LogP contribution in [0.15, 0.2) is 61.1 Å². The van der Waals surface area contributed by atoms with Crippen molar-refractivity contribution in [1.82, 2.24) is 29.3 Å². The Morgan fingerprint density at radius 2 is 1.83 bits per heavy atom. The van der Waals surface area contributed by atoms with Gasteiger partial charge in [-0.2, -0.15) is 0 Å². The Morgan fingerprint density at radius 3 is 2.60 bits per heavy atom. The van der Waals surface area contributed by atoms with Crippen molar-refractivity contribution in [2.45, 2.75) is 13.5 Å². The molecular formula is C26H29N7O2. The van der Waals surface area contributed by atoms with Gasteiger partial charge in [-0.3, -0.25) is 9.88 Å². The summed E-state index contributed by atoms with van der Waals surface area (Å²) in [4.78, 5) is 30.6. The number of ether oxygens (including phenoxy) is 1. The fourth-order valence-corrected chi connectivity index (χ4v) is 4.42. The van der Waals surface area contributed by atoms with Gasteiger partial charge in [-0.25, -0.2) is 14.8 Å². The number of nitrogens with one attached hydrogen (secondary N) is 1. The lowest BCUT2D eigenvalue weighted by Crippen LogP contribution is -2.50. The van der Waals surface area contributed by atoms with E-state index in [1.165, 1.54) is 0 Å². The van der Waals surface area contributed by atoms with Gasteiger partial charge in [0.05, 0.1) is 12.8 Å². The molecule has 35 heavy (non-hydrogen) atoms. The Balaban J connectivity index is 1.22. The number of fused-ring (bicyclic) bond motifs is 1. The molecular weight excluding hydrogens is 442 g/mol. The molecule has 4 aromatic rings. The Labute approximate surface area is 204 Å². The van der Waals surface area contributed by atoms with Crippen molar-refractivity contribution in [2.24, 2.45) is 0 Å². The van der Waals surface area contributed by atoms with Crippen LogP contribution in [0.1, 0.15) is 5.56 Å². The number of piperazine rings is 1. The van der Waals surface area contributed by atoms with Crippen LogP contribution >= 0.6 is 0 Å². The number of carbonyl (C=O) groups is 1. The number of urea groups is 1. The van der Waals surface area contributed by atoms with E-state index in [1.807, 2.05) is 54.3 Å². The summed E-state index contributed by atoms with van der Waals surface area (Å²) in [5.74, 6) is 1.56. The van der Waals surface area contributed by atoms with Crippen molar-refractivity contribution in [3.63, 3.8) is 0 Å². The number of methoxy groups -OCH3 is 1. The maximum atomic E-state index is 12.9. The van der Waals surface area contributed by atoms with Crippen molar-refractivity contribution >= 4 is 22.9 Å². The third kappa shape index (κ3) is 4.95. The molecule has 0 spiro atoms. The summed E-state index contributed by atoms with van der Waals surface area (Å²) in [5, 5.41) is 3.00. The van der Waals surface area contributed by atoms with E-state index in [0.29, 0.717) is 24.5 Å². The van der Waals surface area contributed by atoms with Crippen LogP contribution in [0.4, 0.5) is 10.5 Å². The van der Waals surface area contributed by atoms with E-state index in [2.05, 4.69) is 24.8 Å². The van der Waals surface area contributed by atoms with Gasteiger partial charge in [0.25, 0.3) is 0 Å². The molecule has 1 saturated heterocycles. The molecule has 1 aromatic carbocycles. The number of hydrogen-bond donors (Lipinski definition) is 1. The van der Waals surface area contributed by atoms with Crippen LogP contribution in [0.3, 0.4) is 0 Å². The van der Waals surface area contributed by atoms with Crippen molar-refractivity contribution in [3.05, 3.63) is 66.6 Å². The predicted molar refractivity (Wildman–Crippen MR) is 136 cm³/mol. The number of benzene rings is 1. The molecule has 0 saturated carbocycles. The molecule has 9 nitrogen and oxygen atoms in total. The van der Waals surface area contributed by atoms with Crippen molar-refractivity contribution in [1.29, 1.82) is 0 Å². The summed E-state index contributed by atoms with van der Waals surface area (Å²) in [6, 6.07) is 13.5. The number of aromatic nitrogens is 4.